The van der Waals surface area contributed by atoms with Gasteiger partial charge in [-0.15, -0.1) is 0 Å². The summed E-state index contributed by atoms with van der Waals surface area (Å²) in [6, 6.07) is 1.65. The van der Waals surface area contributed by atoms with Crippen LogP contribution >= 0.6 is 23.2 Å². The summed E-state index contributed by atoms with van der Waals surface area (Å²) in [4.78, 5) is 6.03. The minimum absolute atomic E-state index is 0.519. The number of anilines is 1. The van der Waals surface area contributed by atoms with Crippen LogP contribution in [0.15, 0.2) is 12.3 Å². The van der Waals surface area contributed by atoms with Crippen molar-refractivity contribution in [2.75, 3.05) is 18.0 Å². The molecule has 0 atom stereocenters. The fraction of sp³-hybridized carbons (Fsp3) is 0.444. The maximum atomic E-state index is 9.55. The molecule has 0 bridgehead atoms. The van der Waals surface area contributed by atoms with Crippen molar-refractivity contribution >= 4 is 29.0 Å². The van der Waals surface area contributed by atoms with Gasteiger partial charge in [-0.3, -0.25) is 0 Å². The molecule has 0 amide bonds. The zero-order chi connectivity index (χ0) is 10.3. The number of halogens is 2. The maximum Gasteiger partial charge on any atom is 0.147 e. The van der Waals surface area contributed by atoms with E-state index in [9.17, 15) is 5.11 Å². The second-order valence-corrected chi connectivity index (χ2v) is 4.66. The van der Waals surface area contributed by atoms with Crippen LogP contribution in [0.25, 0.3) is 0 Å². The van der Waals surface area contributed by atoms with Crippen LogP contribution in [-0.2, 0) is 0 Å². The molecule has 1 aliphatic heterocycles. The van der Waals surface area contributed by atoms with Crippen LogP contribution in [0.2, 0.25) is 10.0 Å². The van der Waals surface area contributed by atoms with Crippen molar-refractivity contribution in [3.63, 3.8) is 0 Å². The molecule has 1 aromatic heterocycles. The highest BCUT2D eigenvalue weighted by atomic mass is 35.5. The summed E-state index contributed by atoms with van der Waals surface area (Å²) in [5.41, 5.74) is -0.620. The highest BCUT2D eigenvalue weighted by Crippen LogP contribution is 2.32. The van der Waals surface area contributed by atoms with Crippen molar-refractivity contribution in [1.29, 1.82) is 0 Å². The fourth-order valence-corrected chi connectivity index (χ4v) is 2.07. The van der Waals surface area contributed by atoms with Gasteiger partial charge in [-0.05, 0) is 13.0 Å². The van der Waals surface area contributed by atoms with Gasteiger partial charge in [0.2, 0.25) is 0 Å². The highest BCUT2D eigenvalue weighted by molar-refractivity contribution is 6.36. The molecule has 1 aliphatic rings. The van der Waals surface area contributed by atoms with Gasteiger partial charge < -0.3 is 10.0 Å². The molecule has 2 rings (SSSR count). The van der Waals surface area contributed by atoms with Gasteiger partial charge in [0.05, 0.1) is 15.6 Å². The number of aromatic nitrogens is 1. The number of aliphatic hydroxyl groups is 1. The topological polar surface area (TPSA) is 36.4 Å². The van der Waals surface area contributed by atoms with Crippen molar-refractivity contribution < 1.29 is 5.11 Å². The number of hydrogen-bond acceptors (Lipinski definition) is 3. The van der Waals surface area contributed by atoms with Gasteiger partial charge in [-0.1, -0.05) is 23.2 Å². The first-order chi connectivity index (χ1) is 6.48. The zero-order valence-electron chi connectivity index (χ0n) is 7.67. The van der Waals surface area contributed by atoms with Gasteiger partial charge in [-0.2, -0.15) is 0 Å². The molecule has 1 fully saturated rings. The molecular weight excluding hydrogens is 223 g/mol. The van der Waals surface area contributed by atoms with E-state index in [1.807, 2.05) is 4.90 Å². The van der Waals surface area contributed by atoms with Gasteiger partial charge in [0.25, 0.3) is 0 Å². The first-order valence-electron chi connectivity index (χ1n) is 4.26. The van der Waals surface area contributed by atoms with E-state index in [-0.39, 0.29) is 0 Å². The normalized spacial score (nSPS) is 19.3. The van der Waals surface area contributed by atoms with E-state index in [0.717, 1.165) is 0 Å². The maximum absolute atomic E-state index is 9.55. The summed E-state index contributed by atoms with van der Waals surface area (Å²) in [6.45, 7) is 2.90. The van der Waals surface area contributed by atoms with E-state index < -0.39 is 5.60 Å². The predicted octanol–water partition coefficient (Wildman–Crippen LogP) is 1.96. The minimum Gasteiger partial charge on any atom is -0.386 e. The van der Waals surface area contributed by atoms with Crippen LogP contribution in [0.4, 0.5) is 5.82 Å². The SMILES string of the molecule is CC1(O)CN(c2ncc(Cl)cc2Cl)C1. The number of pyridine rings is 1. The predicted molar refractivity (Wildman–Crippen MR) is 57.1 cm³/mol. The van der Waals surface area contributed by atoms with Crippen molar-refractivity contribution in [3.8, 4) is 0 Å². The number of nitrogens with zero attached hydrogens (tertiary/aromatic N) is 2. The Morgan fingerprint density at radius 3 is 2.64 bits per heavy atom. The monoisotopic (exact) mass is 232 g/mol. The van der Waals surface area contributed by atoms with Crippen LogP contribution < -0.4 is 4.90 Å². The van der Waals surface area contributed by atoms with E-state index in [2.05, 4.69) is 4.98 Å². The Kier molecular flexibility index (Phi) is 2.33. The molecule has 1 saturated heterocycles. The lowest BCUT2D eigenvalue weighted by Gasteiger charge is -2.45. The Balaban J connectivity index is 2.19. The Morgan fingerprint density at radius 2 is 2.14 bits per heavy atom. The second-order valence-electron chi connectivity index (χ2n) is 3.81. The lowest BCUT2D eigenvalue weighted by Crippen LogP contribution is -2.60. The summed E-state index contributed by atoms with van der Waals surface area (Å²) >= 11 is 11.7. The van der Waals surface area contributed by atoms with Crippen molar-refractivity contribution in [1.82, 2.24) is 4.98 Å². The van der Waals surface area contributed by atoms with Crippen molar-refractivity contribution in [3.05, 3.63) is 22.3 Å². The Morgan fingerprint density at radius 1 is 1.50 bits per heavy atom. The molecule has 0 radical (unpaired) electrons. The number of rotatable bonds is 1. The van der Waals surface area contributed by atoms with E-state index >= 15 is 0 Å². The van der Waals surface area contributed by atoms with Gasteiger partial charge in [0, 0.05) is 19.3 Å². The number of β-amino-alcohol motifs (C(OH)–C–C–N with tert-alkyl or cyclic N) is 1. The van der Waals surface area contributed by atoms with Gasteiger partial charge in [0.15, 0.2) is 0 Å². The summed E-state index contributed by atoms with van der Waals surface area (Å²) in [5, 5.41) is 10.6. The highest BCUT2D eigenvalue weighted by Gasteiger charge is 2.38. The molecular formula is C9H10Cl2N2O. The molecule has 3 nitrogen and oxygen atoms in total. The summed E-state index contributed by atoms with van der Waals surface area (Å²) in [6.07, 6.45) is 1.55. The Labute approximate surface area is 92.3 Å². The molecule has 0 spiro atoms. The van der Waals surface area contributed by atoms with E-state index in [4.69, 9.17) is 23.2 Å². The lowest BCUT2D eigenvalue weighted by atomic mass is 9.97. The van der Waals surface area contributed by atoms with E-state index in [0.29, 0.717) is 29.0 Å². The second kappa shape index (κ2) is 3.26. The first-order valence-corrected chi connectivity index (χ1v) is 5.02. The van der Waals surface area contributed by atoms with Crippen LogP contribution in [-0.4, -0.2) is 28.8 Å². The third-order valence-corrected chi connectivity index (χ3v) is 2.64. The molecule has 0 aliphatic carbocycles. The van der Waals surface area contributed by atoms with Crippen LogP contribution in [0.3, 0.4) is 0 Å². The van der Waals surface area contributed by atoms with E-state index in [1.54, 1.807) is 19.2 Å². The fourth-order valence-electron chi connectivity index (χ4n) is 1.57. The standard InChI is InChI=1S/C9H10Cl2N2O/c1-9(14)4-13(5-9)8-7(11)2-6(10)3-12-8/h2-3,14H,4-5H2,1H3. The van der Waals surface area contributed by atoms with Crippen LogP contribution in [0.5, 0.6) is 0 Å². The van der Waals surface area contributed by atoms with E-state index in [1.165, 1.54) is 0 Å². The van der Waals surface area contributed by atoms with Crippen LogP contribution in [0, 0.1) is 0 Å². The number of hydrogen-bond donors (Lipinski definition) is 1. The largest absolute Gasteiger partial charge is 0.386 e. The van der Waals surface area contributed by atoms with Gasteiger partial charge in [-0.25, -0.2) is 4.98 Å². The average Bonchev–Trinajstić information content (AvgIpc) is 2.00. The third kappa shape index (κ3) is 1.80. The molecule has 2 heterocycles. The molecule has 0 unspecified atom stereocenters. The third-order valence-electron chi connectivity index (χ3n) is 2.15. The first kappa shape index (κ1) is 10.0. The van der Waals surface area contributed by atoms with Gasteiger partial charge >= 0.3 is 0 Å². The van der Waals surface area contributed by atoms with Gasteiger partial charge in [0.1, 0.15) is 5.82 Å². The molecule has 5 heteroatoms. The molecule has 0 saturated carbocycles. The molecule has 76 valence electrons. The quantitative estimate of drug-likeness (QED) is 0.805. The van der Waals surface area contributed by atoms with Crippen molar-refractivity contribution in [2.45, 2.75) is 12.5 Å². The van der Waals surface area contributed by atoms with Crippen LogP contribution in [0.1, 0.15) is 6.92 Å². The molecule has 14 heavy (non-hydrogen) atoms. The Hall–Kier alpha value is -0.510. The molecule has 0 aromatic carbocycles. The summed E-state index contributed by atoms with van der Waals surface area (Å²) < 4.78 is 0. The average molecular weight is 233 g/mol. The summed E-state index contributed by atoms with van der Waals surface area (Å²) in [5.74, 6) is 0.683. The molecule has 1 N–H and O–H groups in total. The smallest absolute Gasteiger partial charge is 0.147 e. The lowest BCUT2D eigenvalue weighted by molar-refractivity contribution is 0.0305. The molecule has 1 aromatic rings. The summed E-state index contributed by atoms with van der Waals surface area (Å²) in [7, 11) is 0. The van der Waals surface area contributed by atoms with Crippen molar-refractivity contribution in [2.24, 2.45) is 0 Å². The Bertz CT molecular complexity index is 360. The minimum atomic E-state index is -0.620. The zero-order valence-corrected chi connectivity index (χ0v) is 9.18.